The quantitative estimate of drug-likeness (QED) is 0.284. The Morgan fingerprint density at radius 1 is 1.16 bits per heavy atom. The van der Waals surface area contributed by atoms with E-state index in [0.717, 1.165) is 11.8 Å². The van der Waals surface area contributed by atoms with Gasteiger partial charge >= 0.3 is 0 Å². The van der Waals surface area contributed by atoms with Gasteiger partial charge in [0.2, 0.25) is 0 Å². The topological polar surface area (TPSA) is 107 Å². The lowest BCUT2D eigenvalue weighted by Crippen LogP contribution is -2.49. The molecule has 9 nitrogen and oxygen atoms in total. The zero-order valence-electron chi connectivity index (χ0n) is 17.2. The molecule has 3 aromatic heterocycles. The maximum atomic E-state index is 14.6. The highest BCUT2D eigenvalue weighted by molar-refractivity contribution is 6.10. The van der Waals surface area contributed by atoms with E-state index < -0.39 is 5.82 Å². The summed E-state index contributed by atoms with van der Waals surface area (Å²) in [6, 6.07) is 9.61. The summed E-state index contributed by atoms with van der Waals surface area (Å²) in [5, 5.41) is 16.3. The summed E-state index contributed by atoms with van der Waals surface area (Å²) in [4.78, 5) is 24.2. The molecular weight excluding hydrogens is 411 g/mol. The number of benzene rings is 1. The van der Waals surface area contributed by atoms with Gasteiger partial charge in [0.05, 0.1) is 36.0 Å². The van der Waals surface area contributed by atoms with Gasteiger partial charge in [-0.05, 0) is 0 Å². The van der Waals surface area contributed by atoms with E-state index in [1.807, 2.05) is 40.1 Å². The number of ketones is 1. The third kappa shape index (κ3) is 3.65. The number of H-pyrrole nitrogens is 1. The number of fused-ring (bicyclic) bond motifs is 1. The van der Waals surface area contributed by atoms with Gasteiger partial charge in [-0.3, -0.25) is 15.1 Å². The Hall–Kier alpha value is -3.92. The van der Waals surface area contributed by atoms with Crippen LogP contribution in [-0.2, 0) is 0 Å². The largest absolute Gasteiger partial charge is 0.357 e. The fraction of sp³-hybridized carbons (Fsp3) is 0.227. The maximum Gasteiger partial charge on any atom is 0.179 e. The lowest BCUT2D eigenvalue weighted by Gasteiger charge is -2.35. The first-order valence-corrected chi connectivity index (χ1v) is 10.3. The summed E-state index contributed by atoms with van der Waals surface area (Å²) in [6.45, 7) is 2.79. The molecule has 1 aliphatic heterocycles. The Bertz CT molecular complexity index is 1260. The smallest absolute Gasteiger partial charge is 0.179 e. The van der Waals surface area contributed by atoms with Crippen molar-refractivity contribution < 1.29 is 9.18 Å². The van der Waals surface area contributed by atoms with Crippen molar-refractivity contribution in [1.82, 2.24) is 34.8 Å². The molecule has 0 saturated carbocycles. The number of hydrogen-bond donors (Lipinski definition) is 2. The van der Waals surface area contributed by atoms with Crippen molar-refractivity contribution in [3.63, 3.8) is 0 Å². The lowest BCUT2D eigenvalue weighted by molar-refractivity contribution is 0.0898. The number of piperazine rings is 1. The van der Waals surface area contributed by atoms with Crippen LogP contribution in [-0.4, -0.2) is 79.1 Å². The van der Waals surface area contributed by atoms with Crippen LogP contribution in [0.4, 0.5) is 4.39 Å². The number of carbonyl (C=O) groups is 1. The van der Waals surface area contributed by atoms with Gasteiger partial charge in [0, 0.05) is 43.5 Å². The predicted molar refractivity (Wildman–Crippen MR) is 117 cm³/mol. The van der Waals surface area contributed by atoms with E-state index >= 15 is 0 Å². The van der Waals surface area contributed by atoms with Crippen LogP contribution >= 0.6 is 0 Å². The Morgan fingerprint density at radius 3 is 2.66 bits per heavy atom. The predicted octanol–water partition coefficient (Wildman–Crippen LogP) is 2.11. The number of aromatic nitrogens is 5. The molecule has 1 fully saturated rings. The van der Waals surface area contributed by atoms with Gasteiger partial charge in [0.1, 0.15) is 5.84 Å². The van der Waals surface area contributed by atoms with Crippen molar-refractivity contribution in [2.75, 3.05) is 32.7 Å². The summed E-state index contributed by atoms with van der Waals surface area (Å²) in [7, 11) is 0. The van der Waals surface area contributed by atoms with E-state index in [1.165, 1.54) is 17.1 Å². The van der Waals surface area contributed by atoms with Gasteiger partial charge in [-0.25, -0.2) is 14.1 Å². The van der Waals surface area contributed by atoms with Crippen molar-refractivity contribution >= 4 is 22.5 Å². The summed E-state index contributed by atoms with van der Waals surface area (Å²) in [5.74, 6) is 0.140. The Kier molecular flexibility index (Phi) is 5.20. The minimum Gasteiger partial charge on any atom is -0.357 e. The fourth-order valence-corrected chi connectivity index (χ4v) is 4.01. The highest BCUT2D eigenvalue weighted by Crippen LogP contribution is 2.26. The Balaban J connectivity index is 1.29. The van der Waals surface area contributed by atoms with Crippen LogP contribution < -0.4 is 0 Å². The first-order valence-electron chi connectivity index (χ1n) is 10.3. The number of amidine groups is 1. The van der Waals surface area contributed by atoms with Gasteiger partial charge in [-0.15, -0.1) is 5.10 Å². The van der Waals surface area contributed by atoms with E-state index in [1.54, 1.807) is 6.20 Å². The number of Topliss-reactive ketones (excluding diaryl/α,β-unsaturated/α-hetero) is 1. The van der Waals surface area contributed by atoms with Crippen LogP contribution in [0.1, 0.15) is 15.9 Å². The average molecular weight is 432 g/mol. The van der Waals surface area contributed by atoms with E-state index in [9.17, 15) is 9.18 Å². The molecule has 5 rings (SSSR count). The van der Waals surface area contributed by atoms with Crippen LogP contribution in [0.2, 0.25) is 0 Å². The van der Waals surface area contributed by atoms with Crippen molar-refractivity contribution in [3.05, 3.63) is 72.1 Å². The zero-order valence-corrected chi connectivity index (χ0v) is 17.2. The number of nitrogens with one attached hydrogen (secondary N) is 2. The molecule has 0 aliphatic carbocycles. The van der Waals surface area contributed by atoms with E-state index in [0.29, 0.717) is 48.9 Å². The fourth-order valence-electron chi connectivity index (χ4n) is 4.01. The van der Waals surface area contributed by atoms with Crippen LogP contribution in [0.25, 0.3) is 16.7 Å². The maximum absolute atomic E-state index is 14.6. The van der Waals surface area contributed by atoms with E-state index in [-0.39, 0.29) is 17.7 Å². The number of halogens is 1. The van der Waals surface area contributed by atoms with E-state index in [2.05, 4.69) is 20.3 Å². The molecule has 1 saturated heterocycles. The molecule has 1 aromatic carbocycles. The molecule has 0 unspecified atom stereocenters. The second-order valence-corrected chi connectivity index (χ2v) is 7.63. The Labute approximate surface area is 183 Å². The monoisotopic (exact) mass is 432 g/mol. The minimum atomic E-state index is -0.561. The third-order valence-corrected chi connectivity index (χ3v) is 5.69. The number of rotatable bonds is 5. The molecule has 0 amide bonds. The highest BCUT2D eigenvalue weighted by Gasteiger charge is 2.24. The Morgan fingerprint density at radius 2 is 1.94 bits per heavy atom. The van der Waals surface area contributed by atoms with E-state index in [4.69, 9.17) is 5.41 Å². The summed E-state index contributed by atoms with van der Waals surface area (Å²) in [5.41, 5.74) is 1.57. The highest BCUT2D eigenvalue weighted by atomic mass is 19.1. The first kappa shape index (κ1) is 20.0. The average Bonchev–Trinajstić information content (AvgIpc) is 3.51. The van der Waals surface area contributed by atoms with Crippen molar-refractivity contribution in [3.8, 4) is 5.82 Å². The molecule has 0 radical (unpaired) electrons. The van der Waals surface area contributed by atoms with Gasteiger partial charge in [-0.1, -0.05) is 35.5 Å². The number of nitrogens with zero attached hydrogens (tertiary/aromatic N) is 6. The molecule has 0 spiro atoms. The minimum absolute atomic E-state index is 0.169. The normalized spacial score (nSPS) is 14.7. The molecule has 0 atom stereocenters. The molecule has 1 aliphatic rings. The lowest BCUT2D eigenvalue weighted by atomic mass is 10.1. The molecule has 4 heterocycles. The molecule has 4 aromatic rings. The van der Waals surface area contributed by atoms with Crippen LogP contribution in [0.3, 0.4) is 0 Å². The summed E-state index contributed by atoms with van der Waals surface area (Å²) < 4.78 is 16.0. The number of hydrogen-bond acceptors (Lipinski definition) is 6. The van der Waals surface area contributed by atoms with Gasteiger partial charge < -0.3 is 9.88 Å². The van der Waals surface area contributed by atoms with Crippen molar-refractivity contribution in [2.45, 2.75) is 0 Å². The summed E-state index contributed by atoms with van der Waals surface area (Å²) >= 11 is 0. The third-order valence-electron chi connectivity index (χ3n) is 5.69. The molecule has 32 heavy (non-hydrogen) atoms. The van der Waals surface area contributed by atoms with Crippen LogP contribution in [0.5, 0.6) is 0 Å². The van der Waals surface area contributed by atoms with Gasteiger partial charge in [0.25, 0.3) is 0 Å². The van der Waals surface area contributed by atoms with Gasteiger partial charge in [0.15, 0.2) is 17.4 Å². The van der Waals surface area contributed by atoms with Crippen molar-refractivity contribution in [2.24, 2.45) is 0 Å². The van der Waals surface area contributed by atoms with Crippen LogP contribution in [0.15, 0.2) is 55.1 Å². The first-order chi connectivity index (χ1) is 15.6. The summed E-state index contributed by atoms with van der Waals surface area (Å²) in [6.07, 6.45) is 5.73. The zero-order chi connectivity index (χ0) is 22.1. The van der Waals surface area contributed by atoms with Crippen molar-refractivity contribution in [1.29, 1.82) is 5.41 Å². The number of carbonyl (C=O) groups excluding carboxylic acids is 1. The molecular formula is C22H21FN8O. The van der Waals surface area contributed by atoms with Crippen LogP contribution in [0, 0.1) is 11.2 Å². The second kappa shape index (κ2) is 8.31. The molecule has 2 N–H and O–H groups in total. The number of aromatic amines is 1. The molecule has 10 heteroatoms. The molecule has 162 valence electrons. The second-order valence-electron chi connectivity index (χ2n) is 7.63. The number of pyridine rings is 1. The SMILES string of the molecule is N=C(c1ccccc1)N1CCN(CC(=O)c2c[nH]c3c(-n4ccnn4)ncc(F)c23)CC1. The van der Waals surface area contributed by atoms with Gasteiger partial charge in [-0.2, -0.15) is 0 Å². The standard InChI is InChI=1S/C22H21FN8O/c23-17-13-26-22(31-7-6-27-28-31)20-19(17)16(12-25-20)18(32)14-29-8-10-30(11-9-29)21(24)15-4-2-1-3-5-15/h1-7,12-13,24-25H,8-11,14H2. The molecule has 0 bridgehead atoms.